The first-order valence-corrected chi connectivity index (χ1v) is 5.09. The van der Waals surface area contributed by atoms with E-state index < -0.39 is 6.09 Å². The van der Waals surface area contributed by atoms with Crippen molar-refractivity contribution in [1.29, 1.82) is 0 Å². The predicted molar refractivity (Wildman–Crippen MR) is 56.4 cm³/mol. The lowest BCUT2D eigenvalue weighted by Gasteiger charge is -2.07. The normalized spacial score (nSPS) is 12.3. The van der Waals surface area contributed by atoms with Crippen molar-refractivity contribution >= 4 is 6.09 Å². The smallest absolute Gasteiger partial charge is 0.407 e. The number of fused-ring (bicyclic) bond motifs is 1. The molecule has 0 spiro atoms. The first-order valence-electron chi connectivity index (χ1n) is 5.09. The number of hydrogen-bond donors (Lipinski definition) is 1. The zero-order valence-corrected chi connectivity index (χ0v) is 8.99. The highest BCUT2D eigenvalue weighted by Crippen LogP contribution is 2.35. The first-order chi connectivity index (χ1) is 7.81. The number of amides is 1. The van der Waals surface area contributed by atoms with Gasteiger partial charge in [0.25, 0.3) is 0 Å². The van der Waals surface area contributed by atoms with Crippen molar-refractivity contribution in [3.05, 3.63) is 23.8 Å². The molecule has 0 fully saturated rings. The first kappa shape index (κ1) is 10.6. The van der Waals surface area contributed by atoms with Gasteiger partial charge in [-0.2, -0.15) is 0 Å². The summed E-state index contributed by atoms with van der Waals surface area (Å²) in [5, 5.41) is 2.63. The molecule has 86 valence electrons. The third-order valence-corrected chi connectivity index (χ3v) is 2.18. The molecule has 1 aliphatic heterocycles. The van der Waals surface area contributed by atoms with Crippen molar-refractivity contribution < 1.29 is 19.0 Å². The Morgan fingerprint density at radius 2 is 2.38 bits per heavy atom. The van der Waals surface area contributed by atoms with Gasteiger partial charge < -0.3 is 19.5 Å². The number of carbonyl (C=O) groups excluding carboxylic acids is 1. The number of para-hydroxylation sites is 1. The van der Waals surface area contributed by atoms with Crippen molar-refractivity contribution in [3.63, 3.8) is 0 Å². The standard InChI is InChI=1S/C11H13NO4/c1-2-14-11(13)12-6-8-4-3-5-9-10(8)16-7-15-9/h3-5H,2,6-7H2,1H3,(H,12,13). The van der Waals surface area contributed by atoms with Gasteiger partial charge in [-0.15, -0.1) is 0 Å². The molecule has 0 unspecified atom stereocenters. The Hall–Kier alpha value is -1.91. The van der Waals surface area contributed by atoms with Gasteiger partial charge in [0, 0.05) is 12.1 Å². The summed E-state index contributed by atoms with van der Waals surface area (Å²) in [5.74, 6) is 1.41. The van der Waals surface area contributed by atoms with Crippen LogP contribution >= 0.6 is 0 Å². The lowest BCUT2D eigenvalue weighted by molar-refractivity contribution is 0.151. The Kier molecular flexibility index (Phi) is 3.14. The van der Waals surface area contributed by atoms with Crippen LogP contribution in [0.1, 0.15) is 12.5 Å². The van der Waals surface area contributed by atoms with Crippen LogP contribution < -0.4 is 14.8 Å². The SMILES string of the molecule is CCOC(=O)NCc1cccc2c1OCO2. The third-order valence-electron chi connectivity index (χ3n) is 2.18. The summed E-state index contributed by atoms with van der Waals surface area (Å²) in [4.78, 5) is 11.1. The maximum atomic E-state index is 11.1. The van der Waals surface area contributed by atoms with Crippen LogP contribution in [0.4, 0.5) is 4.79 Å². The van der Waals surface area contributed by atoms with E-state index in [4.69, 9.17) is 14.2 Å². The highest BCUT2D eigenvalue weighted by atomic mass is 16.7. The number of nitrogens with one attached hydrogen (secondary N) is 1. The second-order valence-electron chi connectivity index (χ2n) is 3.22. The van der Waals surface area contributed by atoms with Crippen molar-refractivity contribution in [2.45, 2.75) is 13.5 Å². The van der Waals surface area contributed by atoms with Crippen molar-refractivity contribution in [2.75, 3.05) is 13.4 Å². The summed E-state index contributed by atoms with van der Waals surface area (Å²) in [6, 6.07) is 5.56. The molecule has 0 bridgehead atoms. The van der Waals surface area contributed by atoms with E-state index in [0.29, 0.717) is 24.7 Å². The molecule has 1 heterocycles. The van der Waals surface area contributed by atoms with Gasteiger partial charge in [0.05, 0.1) is 6.61 Å². The van der Waals surface area contributed by atoms with E-state index in [9.17, 15) is 4.79 Å². The van der Waals surface area contributed by atoms with Crippen LogP contribution in [-0.2, 0) is 11.3 Å². The number of benzene rings is 1. The highest BCUT2D eigenvalue weighted by molar-refractivity contribution is 5.67. The molecule has 0 radical (unpaired) electrons. The monoisotopic (exact) mass is 223 g/mol. The largest absolute Gasteiger partial charge is 0.454 e. The molecular formula is C11H13NO4. The maximum absolute atomic E-state index is 11.1. The van der Waals surface area contributed by atoms with Gasteiger partial charge in [-0.25, -0.2) is 4.79 Å². The summed E-state index contributed by atoms with van der Waals surface area (Å²) in [5.41, 5.74) is 0.878. The lowest BCUT2D eigenvalue weighted by atomic mass is 10.2. The Balaban J connectivity index is 2.00. The molecule has 1 aromatic carbocycles. The fraction of sp³-hybridized carbons (Fsp3) is 0.364. The molecule has 0 saturated carbocycles. The van der Waals surface area contributed by atoms with Gasteiger partial charge in [-0.05, 0) is 13.0 Å². The van der Waals surface area contributed by atoms with Crippen LogP contribution in [0.3, 0.4) is 0 Å². The van der Waals surface area contributed by atoms with Crippen LogP contribution in [0, 0.1) is 0 Å². The molecule has 0 aromatic heterocycles. The van der Waals surface area contributed by atoms with Gasteiger partial charge in [0.15, 0.2) is 11.5 Å². The molecule has 0 aliphatic carbocycles. The zero-order valence-electron chi connectivity index (χ0n) is 8.99. The third kappa shape index (κ3) is 2.18. The minimum absolute atomic E-state index is 0.228. The molecule has 1 aromatic rings. The van der Waals surface area contributed by atoms with Crippen LogP contribution in [0.5, 0.6) is 11.5 Å². The number of ether oxygens (including phenoxy) is 3. The van der Waals surface area contributed by atoms with Crippen LogP contribution in [0.2, 0.25) is 0 Å². The second-order valence-corrected chi connectivity index (χ2v) is 3.22. The van der Waals surface area contributed by atoms with Crippen molar-refractivity contribution in [3.8, 4) is 11.5 Å². The van der Waals surface area contributed by atoms with Crippen molar-refractivity contribution in [1.82, 2.24) is 5.32 Å². The Morgan fingerprint density at radius 3 is 3.19 bits per heavy atom. The molecule has 0 atom stereocenters. The summed E-state index contributed by atoms with van der Waals surface area (Å²) in [6.07, 6.45) is -0.431. The molecule has 5 nitrogen and oxygen atoms in total. The van der Waals surface area contributed by atoms with E-state index in [0.717, 1.165) is 5.56 Å². The van der Waals surface area contributed by atoms with E-state index >= 15 is 0 Å². The van der Waals surface area contributed by atoms with Gasteiger partial charge in [0.1, 0.15) is 0 Å². The molecular weight excluding hydrogens is 210 g/mol. The maximum Gasteiger partial charge on any atom is 0.407 e. The fourth-order valence-electron chi connectivity index (χ4n) is 1.48. The Labute approximate surface area is 93.3 Å². The summed E-state index contributed by atoms with van der Waals surface area (Å²) < 4.78 is 15.3. The average molecular weight is 223 g/mol. The zero-order chi connectivity index (χ0) is 11.4. The molecule has 1 amide bonds. The average Bonchev–Trinajstić information content (AvgIpc) is 2.75. The molecule has 5 heteroatoms. The Bertz CT molecular complexity index is 392. The van der Waals surface area contributed by atoms with E-state index in [2.05, 4.69) is 5.32 Å². The van der Waals surface area contributed by atoms with Gasteiger partial charge >= 0.3 is 6.09 Å². The quantitative estimate of drug-likeness (QED) is 0.846. The van der Waals surface area contributed by atoms with Crippen LogP contribution in [0.15, 0.2) is 18.2 Å². The molecule has 0 saturated heterocycles. The van der Waals surface area contributed by atoms with Gasteiger partial charge in [0.2, 0.25) is 6.79 Å². The van der Waals surface area contributed by atoms with E-state index in [1.54, 1.807) is 6.92 Å². The van der Waals surface area contributed by atoms with E-state index in [1.807, 2.05) is 18.2 Å². The number of rotatable bonds is 3. The molecule has 1 aliphatic rings. The van der Waals surface area contributed by atoms with E-state index in [1.165, 1.54) is 0 Å². The van der Waals surface area contributed by atoms with Crippen LogP contribution in [-0.4, -0.2) is 19.5 Å². The molecule has 1 N–H and O–H groups in total. The fourth-order valence-corrected chi connectivity index (χ4v) is 1.48. The summed E-state index contributed by atoms with van der Waals surface area (Å²) >= 11 is 0. The predicted octanol–water partition coefficient (Wildman–Crippen LogP) is 1.66. The summed E-state index contributed by atoms with van der Waals surface area (Å²) in [7, 11) is 0. The number of carbonyl (C=O) groups is 1. The summed E-state index contributed by atoms with van der Waals surface area (Å²) in [6.45, 7) is 2.71. The Morgan fingerprint density at radius 1 is 1.50 bits per heavy atom. The van der Waals surface area contributed by atoms with Gasteiger partial charge in [-0.3, -0.25) is 0 Å². The minimum atomic E-state index is -0.431. The topological polar surface area (TPSA) is 56.8 Å². The number of alkyl carbamates (subject to hydrolysis) is 1. The molecule has 16 heavy (non-hydrogen) atoms. The van der Waals surface area contributed by atoms with E-state index in [-0.39, 0.29) is 6.79 Å². The second kappa shape index (κ2) is 4.74. The number of hydrogen-bond acceptors (Lipinski definition) is 4. The van der Waals surface area contributed by atoms with Gasteiger partial charge in [-0.1, -0.05) is 12.1 Å². The van der Waals surface area contributed by atoms with Crippen molar-refractivity contribution in [2.24, 2.45) is 0 Å². The minimum Gasteiger partial charge on any atom is -0.454 e. The highest BCUT2D eigenvalue weighted by Gasteiger charge is 2.17. The lowest BCUT2D eigenvalue weighted by Crippen LogP contribution is -2.23. The van der Waals surface area contributed by atoms with Crippen LogP contribution in [0.25, 0.3) is 0 Å². The molecule has 2 rings (SSSR count).